The fourth-order valence-corrected chi connectivity index (χ4v) is 1.50. The second-order valence-corrected chi connectivity index (χ2v) is 3.80. The minimum atomic E-state index is -0.117. The first-order valence-corrected chi connectivity index (χ1v) is 4.89. The lowest BCUT2D eigenvalue weighted by Gasteiger charge is -2.16. The van der Waals surface area contributed by atoms with Crippen LogP contribution < -0.4 is 0 Å². The van der Waals surface area contributed by atoms with Crippen LogP contribution >= 0.6 is 0 Å². The number of ketones is 1. The first kappa shape index (κ1) is 10.2. The van der Waals surface area contributed by atoms with Crippen molar-refractivity contribution in [3.8, 4) is 0 Å². The van der Waals surface area contributed by atoms with Gasteiger partial charge in [0.05, 0.1) is 0 Å². The maximum atomic E-state index is 11.5. The van der Waals surface area contributed by atoms with E-state index in [2.05, 4.69) is 0 Å². The molecule has 1 aliphatic rings. The first-order valence-electron chi connectivity index (χ1n) is 4.89. The second-order valence-electron chi connectivity index (χ2n) is 3.80. The summed E-state index contributed by atoms with van der Waals surface area (Å²) in [5.41, 5.74) is 0. The number of likely N-dealkylation sites (tertiary alicyclic amines) is 1. The summed E-state index contributed by atoms with van der Waals surface area (Å²) in [4.78, 5) is 24.3. The third kappa shape index (κ3) is 2.83. The molecular weight excluding hydrogens is 166 g/mol. The van der Waals surface area contributed by atoms with Gasteiger partial charge in [0.1, 0.15) is 5.78 Å². The molecule has 0 aromatic heterocycles. The zero-order valence-electron chi connectivity index (χ0n) is 8.38. The van der Waals surface area contributed by atoms with Crippen molar-refractivity contribution < 1.29 is 9.59 Å². The van der Waals surface area contributed by atoms with Gasteiger partial charge in [-0.15, -0.1) is 0 Å². The predicted octanol–water partition coefficient (Wildman–Crippen LogP) is 1.22. The van der Waals surface area contributed by atoms with Crippen LogP contribution in [0.1, 0.15) is 33.1 Å². The van der Waals surface area contributed by atoms with Crippen LogP contribution in [-0.2, 0) is 9.59 Å². The summed E-state index contributed by atoms with van der Waals surface area (Å²) >= 11 is 0. The molecule has 0 radical (unpaired) electrons. The van der Waals surface area contributed by atoms with Gasteiger partial charge in [0, 0.05) is 25.4 Å². The highest BCUT2D eigenvalue weighted by molar-refractivity contribution is 5.85. The molecule has 0 saturated carbocycles. The fourth-order valence-electron chi connectivity index (χ4n) is 1.50. The van der Waals surface area contributed by atoms with E-state index >= 15 is 0 Å². The van der Waals surface area contributed by atoms with Crippen LogP contribution in [0.5, 0.6) is 0 Å². The molecule has 1 atom stereocenters. The van der Waals surface area contributed by atoms with Crippen molar-refractivity contribution in [2.75, 3.05) is 13.1 Å². The van der Waals surface area contributed by atoms with Gasteiger partial charge in [-0.2, -0.15) is 0 Å². The van der Waals surface area contributed by atoms with Crippen molar-refractivity contribution in [2.24, 2.45) is 5.92 Å². The number of amides is 1. The van der Waals surface area contributed by atoms with Gasteiger partial charge in [-0.1, -0.05) is 6.92 Å². The third-order valence-corrected chi connectivity index (χ3v) is 2.63. The van der Waals surface area contributed by atoms with E-state index < -0.39 is 0 Å². The van der Waals surface area contributed by atoms with Crippen LogP contribution in [0, 0.1) is 5.92 Å². The zero-order valence-corrected chi connectivity index (χ0v) is 8.38. The Kier molecular flexibility index (Phi) is 3.46. The summed E-state index contributed by atoms with van der Waals surface area (Å²) in [6, 6.07) is 0. The Labute approximate surface area is 79.1 Å². The Bertz CT molecular complexity index is 207. The largest absolute Gasteiger partial charge is 0.343 e. The van der Waals surface area contributed by atoms with Crippen molar-refractivity contribution in [3.63, 3.8) is 0 Å². The average Bonchev–Trinajstić information content (AvgIpc) is 2.55. The lowest BCUT2D eigenvalue weighted by Crippen LogP contribution is -2.30. The molecule has 1 unspecified atom stereocenters. The van der Waals surface area contributed by atoms with Gasteiger partial charge in [0.25, 0.3) is 0 Å². The smallest absolute Gasteiger partial charge is 0.223 e. The molecule has 0 aromatic rings. The van der Waals surface area contributed by atoms with Crippen LogP contribution in [0.3, 0.4) is 0 Å². The standard InChI is InChI=1S/C10H17NO2/c1-8(9(2)12)7-10(13)11-5-3-4-6-11/h8H,3-7H2,1-2H3. The van der Waals surface area contributed by atoms with Crippen molar-refractivity contribution in [1.82, 2.24) is 4.90 Å². The molecule has 1 rings (SSSR count). The fraction of sp³-hybridized carbons (Fsp3) is 0.800. The molecule has 74 valence electrons. The monoisotopic (exact) mass is 183 g/mol. The summed E-state index contributed by atoms with van der Waals surface area (Å²) in [6.07, 6.45) is 2.61. The van der Waals surface area contributed by atoms with E-state index in [4.69, 9.17) is 0 Å². The van der Waals surface area contributed by atoms with Gasteiger partial charge in [-0.25, -0.2) is 0 Å². The molecule has 1 saturated heterocycles. The Morgan fingerprint density at radius 1 is 1.31 bits per heavy atom. The van der Waals surface area contributed by atoms with E-state index in [1.54, 1.807) is 6.92 Å². The maximum absolute atomic E-state index is 11.5. The number of Topliss-reactive ketones (excluding diaryl/α,β-unsaturated/α-hetero) is 1. The molecule has 3 heteroatoms. The van der Waals surface area contributed by atoms with Crippen molar-refractivity contribution >= 4 is 11.7 Å². The van der Waals surface area contributed by atoms with E-state index in [0.717, 1.165) is 25.9 Å². The third-order valence-electron chi connectivity index (χ3n) is 2.63. The number of hydrogen-bond acceptors (Lipinski definition) is 2. The topological polar surface area (TPSA) is 37.4 Å². The molecule has 0 bridgehead atoms. The molecule has 3 nitrogen and oxygen atoms in total. The van der Waals surface area contributed by atoms with Gasteiger partial charge in [-0.05, 0) is 19.8 Å². The summed E-state index contributed by atoms with van der Waals surface area (Å²) in [6.45, 7) is 5.12. The summed E-state index contributed by atoms with van der Waals surface area (Å²) in [7, 11) is 0. The lowest BCUT2D eigenvalue weighted by atomic mass is 10.0. The summed E-state index contributed by atoms with van der Waals surface area (Å²) < 4.78 is 0. The number of carbonyl (C=O) groups excluding carboxylic acids is 2. The summed E-state index contributed by atoms with van der Waals surface area (Å²) in [5.74, 6) is 0.126. The van der Waals surface area contributed by atoms with E-state index in [9.17, 15) is 9.59 Å². The zero-order chi connectivity index (χ0) is 9.84. The first-order chi connectivity index (χ1) is 6.11. The van der Waals surface area contributed by atoms with Crippen molar-refractivity contribution in [2.45, 2.75) is 33.1 Å². The van der Waals surface area contributed by atoms with Gasteiger partial charge in [0.15, 0.2) is 0 Å². The van der Waals surface area contributed by atoms with E-state index in [1.165, 1.54) is 0 Å². The highest BCUT2D eigenvalue weighted by atomic mass is 16.2. The normalized spacial score (nSPS) is 18.8. The van der Waals surface area contributed by atoms with Crippen LogP contribution in [0.2, 0.25) is 0 Å². The number of nitrogens with zero attached hydrogens (tertiary/aromatic N) is 1. The Balaban J connectivity index is 2.35. The van der Waals surface area contributed by atoms with Gasteiger partial charge in [0.2, 0.25) is 5.91 Å². The lowest BCUT2D eigenvalue weighted by molar-refractivity contribution is -0.133. The minimum Gasteiger partial charge on any atom is -0.343 e. The van der Waals surface area contributed by atoms with Crippen molar-refractivity contribution in [3.05, 3.63) is 0 Å². The molecule has 1 heterocycles. The van der Waals surface area contributed by atoms with E-state index in [1.807, 2.05) is 11.8 Å². The van der Waals surface area contributed by atoms with Crippen LogP contribution in [0.25, 0.3) is 0 Å². The highest BCUT2D eigenvalue weighted by Gasteiger charge is 2.21. The Morgan fingerprint density at radius 3 is 2.31 bits per heavy atom. The highest BCUT2D eigenvalue weighted by Crippen LogP contribution is 2.12. The number of rotatable bonds is 3. The predicted molar refractivity (Wildman–Crippen MR) is 50.3 cm³/mol. The molecule has 1 fully saturated rings. The molecule has 1 aliphatic heterocycles. The van der Waals surface area contributed by atoms with Gasteiger partial charge < -0.3 is 4.90 Å². The number of hydrogen-bond donors (Lipinski definition) is 0. The average molecular weight is 183 g/mol. The van der Waals surface area contributed by atoms with Crippen LogP contribution in [0.4, 0.5) is 0 Å². The van der Waals surface area contributed by atoms with Gasteiger partial charge >= 0.3 is 0 Å². The van der Waals surface area contributed by atoms with E-state index in [0.29, 0.717) is 6.42 Å². The van der Waals surface area contributed by atoms with Crippen LogP contribution in [0.15, 0.2) is 0 Å². The molecule has 0 aromatic carbocycles. The molecule has 13 heavy (non-hydrogen) atoms. The SMILES string of the molecule is CC(=O)C(C)CC(=O)N1CCCC1. The Hall–Kier alpha value is -0.860. The summed E-state index contributed by atoms with van der Waals surface area (Å²) in [5, 5.41) is 0. The Morgan fingerprint density at radius 2 is 1.85 bits per heavy atom. The molecule has 1 amide bonds. The minimum absolute atomic E-state index is 0.104. The maximum Gasteiger partial charge on any atom is 0.223 e. The van der Waals surface area contributed by atoms with Gasteiger partial charge in [-0.3, -0.25) is 9.59 Å². The molecule has 0 N–H and O–H groups in total. The number of carbonyl (C=O) groups is 2. The second kappa shape index (κ2) is 4.40. The quantitative estimate of drug-likeness (QED) is 0.659. The molecular formula is C10H17NO2. The van der Waals surface area contributed by atoms with E-state index in [-0.39, 0.29) is 17.6 Å². The van der Waals surface area contributed by atoms with Crippen LogP contribution in [-0.4, -0.2) is 29.7 Å². The van der Waals surface area contributed by atoms with Crippen molar-refractivity contribution in [1.29, 1.82) is 0 Å². The molecule has 0 spiro atoms. The molecule has 0 aliphatic carbocycles.